The van der Waals surface area contributed by atoms with Crippen LogP contribution in [0.15, 0.2) is 0 Å². The molecule has 3 N–H and O–H groups in total. The summed E-state index contributed by atoms with van der Waals surface area (Å²) in [5.74, 6) is 0.180. The van der Waals surface area contributed by atoms with Gasteiger partial charge in [-0.3, -0.25) is 4.79 Å². The van der Waals surface area contributed by atoms with Gasteiger partial charge in [0.25, 0.3) is 0 Å². The van der Waals surface area contributed by atoms with Gasteiger partial charge in [-0.15, -0.1) is 0 Å². The Bertz CT molecular complexity index is 288. The molecule has 17 heavy (non-hydrogen) atoms. The normalized spacial score (nSPS) is 24.9. The second-order valence-corrected chi connectivity index (χ2v) is 5.99. The van der Waals surface area contributed by atoms with E-state index in [2.05, 4.69) is 24.3 Å². The van der Waals surface area contributed by atoms with Gasteiger partial charge in [0, 0.05) is 18.6 Å². The molecule has 4 nitrogen and oxygen atoms in total. The molecule has 0 heterocycles. The van der Waals surface area contributed by atoms with Gasteiger partial charge in [-0.2, -0.15) is 0 Å². The van der Waals surface area contributed by atoms with Gasteiger partial charge in [-0.1, -0.05) is 6.42 Å². The topological polar surface area (TPSA) is 58.4 Å². The predicted octanol–water partition coefficient (Wildman–Crippen LogP) is 0.716. The molecule has 0 radical (unpaired) electrons. The maximum absolute atomic E-state index is 12.2. The third kappa shape index (κ3) is 2.08. The number of carbonyl (C=O) groups excluding carboxylic acids is 1. The molecular weight excluding hydrogens is 214 g/mol. The van der Waals surface area contributed by atoms with Gasteiger partial charge in [0.1, 0.15) is 0 Å². The van der Waals surface area contributed by atoms with Crippen LogP contribution < -0.4 is 11.1 Å². The molecular formula is C13H25N3O. The monoisotopic (exact) mass is 239 g/mol. The van der Waals surface area contributed by atoms with E-state index < -0.39 is 0 Å². The van der Waals surface area contributed by atoms with Crippen LogP contribution in [0, 0.1) is 5.41 Å². The maximum atomic E-state index is 12.2. The molecule has 98 valence electrons. The lowest BCUT2D eigenvalue weighted by Crippen LogP contribution is -2.60. The Morgan fingerprint density at radius 1 is 1.24 bits per heavy atom. The van der Waals surface area contributed by atoms with Crippen molar-refractivity contribution in [2.75, 3.05) is 27.2 Å². The highest BCUT2D eigenvalue weighted by Gasteiger charge is 2.45. The van der Waals surface area contributed by atoms with E-state index >= 15 is 0 Å². The Labute approximate surface area is 104 Å². The summed E-state index contributed by atoms with van der Waals surface area (Å²) in [5.41, 5.74) is 5.71. The third-order valence-electron chi connectivity index (χ3n) is 4.99. The van der Waals surface area contributed by atoms with E-state index in [0.717, 1.165) is 25.8 Å². The highest BCUT2D eigenvalue weighted by Crippen LogP contribution is 2.41. The minimum Gasteiger partial charge on any atom is -0.354 e. The minimum atomic E-state index is -0.239. The van der Waals surface area contributed by atoms with Crippen molar-refractivity contribution in [2.24, 2.45) is 11.1 Å². The van der Waals surface area contributed by atoms with Crippen LogP contribution in [-0.2, 0) is 4.79 Å². The van der Waals surface area contributed by atoms with Crippen molar-refractivity contribution >= 4 is 5.91 Å². The number of nitrogens with one attached hydrogen (secondary N) is 1. The summed E-state index contributed by atoms with van der Waals surface area (Å²) in [4.78, 5) is 14.4. The largest absolute Gasteiger partial charge is 0.354 e. The van der Waals surface area contributed by atoms with Crippen LogP contribution in [0.25, 0.3) is 0 Å². The van der Waals surface area contributed by atoms with Crippen LogP contribution in [0.1, 0.15) is 38.5 Å². The smallest absolute Gasteiger partial charge is 0.227 e. The number of hydrogen-bond donors (Lipinski definition) is 2. The molecule has 0 atom stereocenters. The summed E-state index contributed by atoms with van der Waals surface area (Å²) in [6.07, 6.45) is 6.72. The number of nitrogens with zero attached hydrogens (tertiary/aromatic N) is 1. The van der Waals surface area contributed by atoms with Crippen molar-refractivity contribution in [1.29, 1.82) is 0 Å². The highest BCUT2D eigenvalue weighted by molar-refractivity contribution is 5.83. The molecule has 1 amide bonds. The highest BCUT2D eigenvalue weighted by atomic mass is 16.2. The second kappa shape index (κ2) is 4.58. The fourth-order valence-electron chi connectivity index (χ4n) is 2.93. The Hall–Kier alpha value is -0.610. The van der Waals surface area contributed by atoms with E-state index in [0.29, 0.717) is 6.54 Å². The van der Waals surface area contributed by atoms with Crippen molar-refractivity contribution in [1.82, 2.24) is 10.2 Å². The van der Waals surface area contributed by atoms with Gasteiger partial charge in [0.05, 0.1) is 5.41 Å². The van der Waals surface area contributed by atoms with E-state index in [9.17, 15) is 4.79 Å². The van der Waals surface area contributed by atoms with E-state index in [1.807, 2.05) is 0 Å². The maximum Gasteiger partial charge on any atom is 0.227 e. The second-order valence-electron chi connectivity index (χ2n) is 5.99. The third-order valence-corrected chi connectivity index (χ3v) is 4.99. The first kappa shape index (κ1) is 12.8. The van der Waals surface area contributed by atoms with Crippen LogP contribution in [0.5, 0.6) is 0 Å². The van der Waals surface area contributed by atoms with Gasteiger partial charge < -0.3 is 16.0 Å². The number of hydrogen-bond acceptors (Lipinski definition) is 3. The molecule has 4 heteroatoms. The summed E-state index contributed by atoms with van der Waals surface area (Å²) >= 11 is 0. The van der Waals surface area contributed by atoms with Crippen LogP contribution in [-0.4, -0.2) is 43.5 Å². The van der Waals surface area contributed by atoms with Crippen LogP contribution in [0.4, 0.5) is 0 Å². The molecule has 0 aromatic rings. The van der Waals surface area contributed by atoms with Crippen molar-refractivity contribution in [3.63, 3.8) is 0 Å². The number of likely N-dealkylation sites (N-methyl/N-ethyl adjacent to an activating group) is 1. The Kier molecular flexibility index (Phi) is 3.46. The average Bonchev–Trinajstić information content (AvgIpc) is 2.14. The van der Waals surface area contributed by atoms with E-state index in [1.165, 1.54) is 19.3 Å². The summed E-state index contributed by atoms with van der Waals surface area (Å²) in [5, 5.41) is 3.14. The molecule has 0 bridgehead atoms. The number of amides is 1. The van der Waals surface area contributed by atoms with Gasteiger partial charge in [-0.25, -0.2) is 0 Å². The molecule has 0 aromatic carbocycles. The number of carbonyl (C=O) groups is 1. The lowest BCUT2D eigenvalue weighted by Gasteiger charge is -2.48. The average molecular weight is 239 g/mol. The fourth-order valence-corrected chi connectivity index (χ4v) is 2.93. The molecule has 2 saturated carbocycles. The lowest BCUT2D eigenvalue weighted by atomic mass is 9.68. The molecule has 0 unspecified atom stereocenters. The Morgan fingerprint density at radius 2 is 1.82 bits per heavy atom. The zero-order valence-corrected chi connectivity index (χ0v) is 11.1. The zero-order chi connectivity index (χ0) is 12.5. The Balaban J connectivity index is 1.87. The molecule has 0 aromatic heterocycles. The standard InChI is InChI=1S/C13H25N3O/c1-16(2)13(7-4-8-13)10-15-11(17)12(9-14)5-3-6-12/h3-10,14H2,1-2H3,(H,15,17). The molecule has 2 rings (SSSR count). The minimum absolute atomic E-state index is 0.180. The fraction of sp³-hybridized carbons (Fsp3) is 0.923. The molecule has 0 saturated heterocycles. The summed E-state index contributed by atoms with van der Waals surface area (Å²) in [6.45, 7) is 1.27. The van der Waals surface area contributed by atoms with E-state index in [1.54, 1.807) is 0 Å². The molecule has 2 aliphatic rings. The van der Waals surface area contributed by atoms with Gasteiger partial charge in [0.2, 0.25) is 5.91 Å². The summed E-state index contributed by atoms with van der Waals surface area (Å²) < 4.78 is 0. The number of rotatable bonds is 5. The zero-order valence-electron chi connectivity index (χ0n) is 11.1. The van der Waals surface area contributed by atoms with Crippen molar-refractivity contribution < 1.29 is 4.79 Å². The molecule has 0 aliphatic heterocycles. The van der Waals surface area contributed by atoms with Gasteiger partial charge in [0.15, 0.2) is 0 Å². The van der Waals surface area contributed by atoms with Crippen molar-refractivity contribution in [3.8, 4) is 0 Å². The van der Waals surface area contributed by atoms with Crippen molar-refractivity contribution in [3.05, 3.63) is 0 Å². The number of nitrogens with two attached hydrogens (primary N) is 1. The van der Waals surface area contributed by atoms with Gasteiger partial charge in [-0.05, 0) is 46.2 Å². The van der Waals surface area contributed by atoms with E-state index in [4.69, 9.17) is 5.73 Å². The summed E-state index contributed by atoms with van der Waals surface area (Å²) in [7, 11) is 4.21. The van der Waals surface area contributed by atoms with Crippen LogP contribution in [0.3, 0.4) is 0 Å². The first-order valence-electron chi connectivity index (χ1n) is 6.71. The first-order chi connectivity index (χ1) is 8.05. The summed E-state index contributed by atoms with van der Waals surface area (Å²) in [6, 6.07) is 0. The Morgan fingerprint density at radius 3 is 2.12 bits per heavy atom. The quantitative estimate of drug-likeness (QED) is 0.743. The first-order valence-corrected chi connectivity index (χ1v) is 6.71. The van der Waals surface area contributed by atoms with Crippen LogP contribution in [0.2, 0.25) is 0 Å². The SMILES string of the molecule is CN(C)C1(CNC(=O)C2(CN)CCC2)CCC1. The van der Waals surface area contributed by atoms with Crippen LogP contribution >= 0.6 is 0 Å². The molecule has 0 spiro atoms. The van der Waals surface area contributed by atoms with E-state index in [-0.39, 0.29) is 16.9 Å². The predicted molar refractivity (Wildman–Crippen MR) is 68.6 cm³/mol. The molecule has 2 aliphatic carbocycles. The lowest BCUT2D eigenvalue weighted by molar-refractivity contribution is -0.136. The van der Waals surface area contributed by atoms with Crippen molar-refractivity contribution in [2.45, 2.75) is 44.1 Å². The van der Waals surface area contributed by atoms with Gasteiger partial charge >= 0.3 is 0 Å². The molecule has 2 fully saturated rings.